The second kappa shape index (κ2) is 5.23. The van der Waals surface area contributed by atoms with E-state index in [0.717, 1.165) is 42.2 Å². The third kappa shape index (κ3) is 2.55. The molecule has 2 aromatic rings. The molecule has 0 aliphatic carbocycles. The fourth-order valence-corrected chi connectivity index (χ4v) is 3.73. The molecule has 1 saturated heterocycles. The summed E-state index contributed by atoms with van der Waals surface area (Å²) in [5.74, 6) is 1.55. The van der Waals surface area contributed by atoms with E-state index in [4.69, 9.17) is 16.3 Å². The summed E-state index contributed by atoms with van der Waals surface area (Å²) < 4.78 is 5.24. The van der Waals surface area contributed by atoms with Gasteiger partial charge >= 0.3 is 0 Å². The van der Waals surface area contributed by atoms with Crippen molar-refractivity contribution in [2.45, 2.75) is 13.3 Å². The van der Waals surface area contributed by atoms with Gasteiger partial charge in [-0.1, -0.05) is 0 Å². The number of hydrogen-bond donors (Lipinski definition) is 0. The minimum absolute atomic E-state index is 0.333. The molecule has 1 fully saturated rings. The Bertz CT molecular complexity index is 601. The van der Waals surface area contributed by atoms with Gasteiger partial charge in [0.1, 0.15) is 10.6 Å². The summed E-state index contributed by atoms with van der Waals surface area (Å²) >= 11 is 7.71. The van der Waals surface area contributed by atoms with Crippen molar-refractivity contribution < 1.29 is 4.74 Å². The lowest BCUT2D eigenvalue weighted by Gasteiger charge is -2.18. The van der Waals surface area contributed by atoms with Gasteiger partial charge in [-0.3, -0.25) is 0 Å². The predicted octanol–water partition coefficient (Wildman–Crippen LogP) is 3.13. The summed E-state index contributed by atoms with van der Waals surface area (Å²) in [5, 5.41) is 1.45. The van der Waals surface area contributed by atoms with Crippen LogP contribution < -0.4 is 4.90 Å². The Morgan fingerprint density at radius 3 is 3.16 bits per heavy atom. The van der Waals surface area contributed by atoms with Gasteiger partial charge < -0.3 is 9.64 Å². The average molecular weight is 298 g/mol. The molecule has 102 valence electrons. The first-order valence-corrected chi connectivity index (χ1v) is 7.54. The third-order valence-corrected chi connectivity index (χ3v) is 4.57. The SMILES string of the molecule is COCC1CCN(c2nc(Cl)nc3sc(C)cc23)C1. The molecule has 4 nitrogen and oxygen atoms in total. The summed E-state index contributed by atoms with van der Waals surface area (Å²) in [4.78, 5) is 13.3. The van der Waals surface area contributed by atoms with Crippen molar-refractivity contribution in [2.24, 2.45) is 5.92 Å². The van der Waals surface area contributed by atoms with Crippen LogP contribution in [-0.2, 0) is 4.74 Å². The van der Waals surface area contributed by atoms with E-state index in [1.165, 1.54) is 4.88 Å². The van der Waals surface area contributed by atoms with Crippen molar-refractivity contribution in [1.82, 2.24) is 9.97 Å². The van der Waals surface area contributed by atoms with Crippen molar-refractivity contribution in [1.29, 1.82) is 0 Å². The normalized spacial score (nSPS) is 19.5. The molecule has 19 heavy (non-hydrogen) atoms. The zero-order chi connectivity index (χ0) is 13.4. The van der Waals surface area contributed by atoms with Gasteiger partial charge in [0.05, 0.1) is 12.0 Å². The van der Waals surface area contributed by atoms with E-state index in [9.17, 15) is 0 Å². The molecule has 6 heteroatoms. The monoisotopic (exact) mass is 297 g/mol. The molecule has 0 bridgehead atoms. The van der Waals surface area contributed by atoms with Crippen molar-refractivity contribution in [3.05, 3.63) is 16.2 Å². The molecule has 2 aromatic heterocycles. The molecule has 0 N–H and O–H groups in total. The van der Waals surface area contributed by atoms with Gasteiger partial charge in [-0.2, -0.15) is 4.98 Å². The quantitative estimate of drug-likeness (QED) is 0.816. The summed E-state index contributed by atoms with van der Waals surface area (Å²) in [6, 6.07) is 2.15. The van der Waals surface area contributed by atoms with Crippen LogP contribution in [0.3, 0.4) is 0 Å². The number of thiophene rings is 1. The number of ether oxygens (including phenoxy) is 1. The first-order chi connectivity index (χ1) is 9.17. The lowest BCUT2D eigenvalue weighted by atomic mass is 10.1. The average Bonchev–Trinajstić information content (AvgIpc) is 2.94. The molecule has 0 amide bonds. The first kappa shape index (κ1) is 13.1. The minimum Gasteiger partial charge on any atom is -0.384 e. The first-order valence-electron chi connectivity index (χ1n) is 6.35. The molecule has 1 atom stereocenters. The lowest BCUT2D eigenvalue weighted by molar-refractivity contribution is 0.161. The summed E-state index contributed by atoms with van der Waals surface area (Å²) in [5.41, 5.74) is 0. The van der Waals surface area contributed by atoms with Gasteiger partial charge in [0.25, 0.3) is 0 Å². The molecule has 1 aliphatic rings. The van der Waals surface area contributed by atoms with E-state index in [2.05, 4.69) is 27.9 Å². The van der Waals surface area contributed by atoms with E-state index < -0.39 is 0 Å². The Kier molecular flexibility index (Phi) is 3.60. The Morgan fingerprint density at radius 1 is 1.53 bits per heavy atom. The second-order valence-corrected chi connectivity index (χ2v) is 6.52. The van der Waals surface area contributed by atoms with Gasteiger partial charge in [-0.15, -0.1) is 11.3 Å². The van der Waals surface area contributed by atoms with Crippen molar-refractivity contribution >= 4 is 39.0 Å². The van der Waals surface area contributed by atoms with Crippen molar-refractivity contribution in [3.8, 4) is 0 Å². The Morgan fingerprint density at radius 2 is 2.37 bits per heavy atom. The van der Waals surface area contributed by atoms with Crippen LogP contribution in [0.15, 0.2) is 6.07 Å². The molecule has 0 radical (unpaired) electrons. The molecule has 3 heterocycles. The number of aryl methyl sites for hydroxylation is 1. The molecule has 1 aliphatic heterocycles. The van der Waals surface area contributed by atoms with Gasteiger partial charge in [0, 0.05) is 31.0 Å². The largest absolute Gasteiger partial charge is 0.384 e. The molecular formula is C13H16ClN3OS. The number of methoxy groups -OCH3 is 1. The summed E-state index contributed by atoms with van der Waals surface area (Å²) in [6.45, 7) is 4.87. The van der Waals surface area contributed by atoms with E-state index in [0.29, 0.717) is 11.2 Å². The zero-order valence-corrected chi connectivity index (χ0v) is 12.6. The van der Waals surface area contributed by atoms with Crippen LogP contribution in [0.1, 0.15) is 11.3 Å². The molecule has 0 saturated carbocycles. The highest BCUT2D eigenvalue weighted by molar-refractivity contribution is 7.18. The van der Waals surface area contributed by atoms with E-state index in [1.807, 2.05) is 0 Å². The lowest BCUT2D eigenvalue weighted by Crippen LogP contribution is -2.22. The fraction of sp³-hybridized carbons (Fsp3) is 0.538. The number of aromatic nitrogens is 2. The predicted molar refractivity (Wildman–Crippen MR) is 79.4 cm³/mol. The molecule has 1 unspecified atom stereocenters. The topological polar surface area (TPSA) is 38.2 Å². The molecule has 3 rings (SSSR count). The van der Waals surface area contributed by atoms with Crippen LogP contribution in [-0.4, -0.2) is 36.8 Å². The summed E-state index contributed by atoms with van der Waals surface area (Å²) in [6.07, 6.45) is 1.14. The zero-order valence-electron chi connectivity index (χ0n) is 11.0. The number of anilines is 1. The molecular weight excluding hydrogens is 282 g/mol. The van der Waals surface area contributed by atoms with Crippen LogP contribution in [0.4, 0.5) is 5.82 Å². The highest BCUT2D eigenvalue weighted by Crippen LogP contribution is 2.34. The van der Waals surface area contributed by atoms with E-state index >= 15 is 0 Å². The Labute approximate surface area is 121 Å². The maximum Gasteiger partial charge on any atom is 0.225 e. The minimum atomic E-state index is 0.333. The van der Waals surface area contributed by atoms with Crippen LogP contribution in [0.5, 0.6) is 0 Å². The maximum absolute atomic E-state index is 6.04. The van der Waals surface area contributed by atoms with Crippen molar-refractivity contribution in [2.75, 3.05) is 31.7 Å². The van der Waals surface area contributed by atoms with Crippen LogP contribution >= 0.6 is 22.9 Å². The number of halogens is 1. The van der Waals surface area contributed by atoms with Gasteiger partial charge in [0.15, 0.2) is 0 Å². The fourth-order valence-electron chi connectivity index (χ4n) is 2.64. The van der Waals surface area contributed by atoms with E-state index in [-0.39, 0.29) is 0 Å². The number of nitrogens with zero attached hydrogens (tertiary/aromatic N) is 3. The van der Waals surface area contributed by atoms with Crippen molar-refractivity contribution in [3.63, 3.8) is 0 Å². The standard InChI is InChI=1S/C13H16ClN3OS/c1-8-5-10-11(15-13(14)16-12(10)19-8)17-4-3-9(6-17)7-18-2/h5,9H,3-4,6-7H2,1-2H3. The second-order valence-electron chi connectivity index (χ2n) is 4.95. The van der Waals surface area contributed by atoms with Crippen LogP contribution in [0.2, 0.25) is 5.28 Å². The van der Waals surface area contributed by atoms with Gasteiger partial charge in [-0.05, 0) is 31.0 Å². The Balaban J connectivity index is 1.96. The summed E-state index contributed by atoms with van der Waals surface area (Å²) in [7, 11) is 1.75. The Hall–Kier alpha value is -0.910. The highest BCUT2D eigenvalue weighted by Gasteiger charge is 2.25. The van der Waals surface area contributed by atoms with Gasteiger partial charge in [0.2, 0.25) is 5.28 Å². The van der Waals surface area contributed by atoms with Crippen LogP contribution in [0, 0.1) is 12.8 Å². The molecule has 0 aromatic carbocycles. The smallest absolute Gasteiger partial charge is 0.225 e. The number of hydrogen-bond acceptors (Lipinski definition) is 5. The number of fused-ring (bicyclic) bond motifs is 1. The third-order valence-electron chi connectivity index (χ3n) is 3.46. The van der Waals surface area contributed by atoms with Crippen LogP contribution in [0.25, 0.3) is 10.2 Å². The van der Waals surface area contributed by atoms with E-state index in [1.54, 1.807) is 18.4 Å². The molecule has 0 spiro atoms. The number of rotatable bonds is 3. The van der Waals surface area contributed by atoms with Gasteiger partial charge in [-0.25, -0.2) is 4.98 Å². The maximum atomic E-state index is 6.04. The highest BCUT2D eigenvalue weighted by atomic mass is 35.5.